The van der Waals surface area contributed by atoms with Crippen LogP contribution in [0.2, 0.25) is 0 Å². The first-order valence-corrected chi connectivity index (χ1v) is 5.78. The normalized spacial score (nSPS) is 12.6. The van der Waals surface area contributed by atoms with E-state index in [4.69, 9.17) is 11.6 Å². The van der Waals surface area contributed by atoms with Gasteiger partial charge < -0.3 is 0 Å². The van der Waals surface area contributed by atoms with Gasteiger partial charge in [-0.1, -0.05) is 37.3 Å². The van der Waals surface area contributed by atoms with Gasteiger partial charge in [-0.05, 0) is 22.4 Å². The van der Waals surface area contributed by atoms with Crippen molar-refractivity contribution in [3.63, 3.8) is 0 Å². The lowest BCUT2D eigenvalue weighted by Gasteiger charge is -2.16. The highest BCUT2D eigenvalue weighted by molar-refractivity contribution is 6.16. The maximum atomic E-state index is 5.80. The zero-order chi connectivity index (χ0) is 11.4. The minimum atomic E-state index is 0.157. The van der Waals surface area contributed by atoms with Gasteiger partial charge in [-0.3, -0.25) is 0 Å². The number of aromatic nitrogens is 4. The van der Waals surface area contributed by atoms with Crippen molar-refractivity contribution in [1.29, 1.82) is 0 Å². The molecule has 1 aromatic carbocycles. The number of hydrogen-bond acceptors (Lipinski definition) is 3. The Morgan fingerprint density at radius 2 is 2.06 bits per heavy atom. The molecule has 0 N–H and O–H groups in total. The summed E-state index contributed by atoms with van der Waals surface area (Å²) in [4.78, 5) is 0. The molecule has 0 radical (unpaired) electrons. The van der Waals surface area contributed by atoms with Crippen molar-refractivity contribution in [2.24, 2.45) is 0 Å². The van der Waals surface area contributed by atoms with E-state index in [1.165, 1.54) is 5.56 Å². The summed E-state index contributed by atoms with van der Waals surface area (Å²) < 4.78 is 1.79. The fraction of sp³-hybridized carbons (Fsp3) is 0.364. The van der Waals surface area contributed by atoms with Gasteiger partial charge >= 0.3 is 0 Å². The molecule has 1 heterocycles. The van der Waals surface area contributed by atoms with Crippen molar-refractivity contribution in [3.8, 4) is 0 Å². The highest BCUT2D eigenvalue weighted by atomic mass is 35.5. The third-order valence-electron chi connectivity index (χ3n) is 2.55. The highest BCUT2D eigenvalue weighted by Gasteiger charge is 2.16. The van der Waals surface area contributed by atoms with Gasteiger partial charge in [0.25, 0.3) is 0 Å². The van der Waals surface area contributed by atoms with E-state index in [9.17, 15) is 0 Å². The van der Waals surface area contributed by atoms with Crippen LogP contribution in [0.5, 0.6) is 0 Å². The molecule has 0 amide bonds. The Kier molecular flexibility index (Phi) is 3.51. The molecule has 1 aromatic heterocycles. The first-order valence-electron chi connectivity index (χ1n) is 5.24. The van der Waals surface area contributed by atoms with Crippen molar-refractivity contribution in [2.45, 2.75) is 25.3 Å². The fourth-order valence-electron chi connectivity index (χ4n) is 1.77. The van der Waals surface area contributed by atoms with E-state index in [1.54, 1.807) is 4.68 Å². The van der Waals surface area contributed by atoms with Crippen LogP contribution in [0.4, 0.5) is 0 Å². The molecule has 1 unspecified atom stereocenters. The average Bonchev–Trinajstić information content (AvgIpc) is 2.80. The summed E-state index contributed by atoms with van der Waals surface area (Å²) >= 11 is 5.80. The minimum Gasteiger partial charge on any atom is -0.221 e. The number of rotatable bonds is 4. The van der Waals surface area contributed by atoms with Gasteiger partial charge in [0.05, 0.1) is 11.9 Å². The quantitative estimate of drug-likeness (QED) is 0.766. The van der Waals surface area contributed by atoms with Gasteiger partial charge in [0, 0.05) is 0 Å². The Bertz CT molecular complexity index is 440. The first-order chi connectivity index (χ1) is 7.86. The van der Waals surface area contributed by atoms with E-state index in [-0.39, 0.29) is 6.04 Å². The van der Waals surface area contributed by atoms with Crippen LogP contribution in [0.25, 0.3) is 0 Å². The molecule has 0 saturated carbocycles. The van der Waals surface area contributed by atoms with E-state index in [0.29, 0.717) is 11.7 Å². The van der Waals surface area contributed by atoms with Crippen LogP contribution < -0.4 is 0 Å². The van der Waals surface area contributed by atoms with Gasteiger partial charge in [-0.15, -0.1) is 16.7 Å². The highest BCUT2D eigenvalue weighted by Crippen LogP contribution is 2.21. The Balaban J connectivity index is 2.37. The van der Waals surface area contributed by atoms with Crippen molar-refractivity contribution < 1.29 is 0 Å². The monoisotopic (exact) mass is 236 g/mol. The minimum absolute atomic E-state index is 0.157. The molecule has 1 atom stereocenters. The Morgan fingerprint density at radius 3 is 2.69 bits per heavy atom. The standard InChI is InChI=1S/C11H13ClN4/c1-2-10(9-6-4-3-5-7-9)16-11(8-12)13-14-15-16/h3-7,10H,2,8H2,1H3. The largest absolute Gasteiger partial charge is 0.221 e. The van der Waals surface area contributed by atoms with E-state index in [0.717, 1.165) is 6.42 Å². The summed E-state index contributed by atoms with van der Waals surface area (Å²) in [5.41, 5.74) is 1.20. The predicted molar refractivity (Wildman–Crippen MR) is 62.2 cm³/mol. The molecule has 0 spiro atoms. The SMILES string of the molecule is CCC(c1ccccc1)n1nnnc1CCl. The van der Waals surface area contributed by atoms with Gasteiger partial charge in [0.1, 0.15) is 0 Å². The molecule has 0 aliphatic carbocycles. The van der Waals surface area contributed by atoms with Crippen LogP contribution in [0.1, 0.15) is 30.8 Å². The molecule has 0 bridgehead atoms. The number of tetrazole rings is 1. The molecule has 0 saturated heterocycles. The van der Waals surface area contributed by atoms with Gasteiger partial charge in [-0.25, -0.2) is 4.68 Å². The zero-order valence-corrected chi connectivity index (χ0v) is 9.80. The lowest BCUT2D eigenvalue weighted by atomic mass is 10.1. The Hall–Kier alpha value is -1.42. The van der Waals surface area contributed by atoms with Gasteiger partial charge in [0.2, 0.25) is 0 Å². The van der Waals surface area contributed by atoms with E-state index >= 15 is 0 Å². The summed E-state index contributed by atoms with van der Waals surface area (Å²) in [6, 6.07) is 10.3. The van der Waals surface area contributed by atoms with Crippen LogP contribution in [0.3, 0.4) is 0 Å². The second kappa shape index (κ2) is 5.07. The van der Waals surface area contributed by atoms with Crippen molar-refractivity contribution in [3.05, 3.63) is 41.7 Å². The maximum Gasteiger partial charge on any atom is 0.166 e. The van der Waals surface area contributed by atoms with Crippen LogP contribution in [0, 0.1) is 0 Å². The fourth-order valence-corrected chi connectivity index (χ4v) is 1.94. The van der Waals surface area contributed by atoms with E-state index in [1.807, 2.05) is 18.2 Å². The third kappa shape index (κ3) is 2.07. The molecular formula is C11H13ClN4. The molecule has 2 rings (SSSR count). The second-order valence-corrected chi connectivity index (χ2v) is 3.78. The number of nitrogens with zero attached hydrogens (tertiary/aromatic N) is 4. The number of alkyl halides is 1. The summed E-state index contributed by atoms with van der Waals surface area (Å²) in [6.07, 6.45) is 0.930. The van der Waals surface area contributed by atoms with Crippen molar-refractivity contribution in [2.75, 3.05) is 0 Å². The van der Waals surface area contributed by atoms with Crippen LogP contribution in [0.15, 0.2) is 30.3 Å². The van der Waals surface area contributed by atoms with Gasteiger partial charge in [-0.2, -0.15) is 0 Å². The number of benzene rings is 1. The van der Waals surface area contributed by atoms with E-state index in [2.05, 4.69) is 34.6 Å². The van der Waals surface area contributed by atoms with Gasteiger partial charge in [0.15, 0.2) is 5.82 Å². The first kappa shape index (κ1) is 11.1. The van der Waals surface area contributed by atoms with Crippen LogP contribution in [-0.2, 0) is 5.88 Å². The molecule has 16 heavy (non-hydrogen) atoms. The molecule has 2 aromatic rings. The molecule has 5 heteroatoms. The summed E-state index contributed by atoms with van der Waals surface area (Å²) in [5, 5.41) is 11.6. The smallest absolute Gasteiger partial charge is 0.166 e. The van der Waals surface area contributed by atoms with E-state index < -0.39 is 0 Å². The summed E-state index contributed by atoms with van der Waals surface area (Å²) in [7, 11) is 0. The topological polar surface area (TPSA) is 43.6 Å². The molecule has 0 aliphatic heterocycles. The summed E-state index contributed by atoms with van der Waals surface area (Å²) in [6.45, 7) is 2.11. The predicted octanol–water partition coefficient (Wildman–Crippen LogP) is 2.41. The van der Waals surface area contributed by atoms with Crippen molar-refractivity contribution in [1.82, 2.24) is 20.2 Å². The molecule has 4 nitrogen and oxygen atoms in total. The maximum absolute atomic E-state index is 5.80. The molecule has 0 aliphatic rings. The lowest BCUT2D eigenvalue weighted by Crippen LogP contribution is -2.14. The second-order valence-electron chi connectivity index (χ2n) is 3.51. The van der Waals surface area contributed by atoms with Crippen molar-refractivity contribution >= 4 is 11.6 Å². The van der Waals surface area contributed by atoms with Crippen LogP contribution in [-0.4, -0.2) is 20.2 Å². The average molecular weight is 237 g/mol. The number of halogens is 1. The number of hydrogen-bond donors (Lipinski definition) is 0. The molecule has 84 valence electrons. The Labute approximate surface area is 99.2 Å². The van der Waals surface area contributed by atoms with Crippen LogP contribution >= 0.6 is 11.6 Å². The lowest BCUT2D eigenvalue weighted by molar-refractivity contribution is 0.481. The Morgan fingerprint density at radius 1 is 1.31 bits per heavy atom. The molecular weight excluding hydrogens is 224 g/mol. The summed E-state index contributed by atoms with van der Waals surface area (Å²) in [5.74, 6) is 1.04. The third-order valence-corrected chi connectivity index (χ3v) is 2.79. The zero-order valence-electron chi connectivity index (χ0n) is 9.05. The molecule has 0 fully saturated rings.